The molecule has 0 N–H and O–H groups in total. The lowest BCUT2D eigenvalue weighted by atomic mass is 10.1. The zero-order valence-electron chi connectivity index (χ0n) is 16.1. The van der Waals surface area contributed by atoms with Crippen LogP contribution in [0.1, 0.15) is 30.5 Å². The van der Waals surface area contributed by atoms with Gasteiger partial charge in [0.1, 0.15) is 17.7 Å². The van der Waals surface area contributed by atoms with Crippen LogP contribution >= 0.6 is 11.6 Å². The Labute approximate surface area is 168 Å². The summed E-state index contributed by atoms with van der Waals surface area (Å²) in [7, 11) is 1.72. The largest absolute Gasteiger partial charge is 0.490 e. The summed E-state index contributed by atoms with van der Waals surface area (Å²) >= 11 is 6.02. The Hall–Kier alpha value is -2.34. The number of carbonyl (C=O) groups is 1. The maximum Gasteiger partial charge on any atom is 0.254 e. The lowest BCUT2D eigenvalue weighted by molar-refractivity contribution is -0.132. The van der Waals surface area contributed by atoms with Crippen LogP contribution in [0.15, 0.2) is 35.1 Å². The summed E-state index contributed by atoms with van der Waals surface area (Å²) < 4.78 is 21.3. The van der Waals surface area contributed by atoms with E-state index >= 15 is 0 Å². The Bertz CT molecular complexity index is 900. The summed E-state index contributed by atoms with van der Waals surface area (Å²) in [6.45, 7) is 3.02. The summed E-state index contributed by atoms with van der Waals surface area (Å²) in [6, 6.07) is 7.87. The van der Waals surface area contributed by atoms with Crippen LogP contribution in [-0.2, 0) is 18.3 Å². The fourth-order valence-corrected chi connectivity index (χ4v) is 3.64. The van der Waals surface area contributed by atoms with Crippen molar-refractivity contribution in [1.29, 1.82) is 0 Å². The van der Waals surface area contributed by atoms with E-state index in [-0.39, 0.29) is 36.2 Å². The van der Waals surface area contributed by atoms with Crippen molar-refractivity contribution in [3.8, 4) is 5.75 Å². The molecule has 0 unspecified atom stereocenters. The van der Waals surface area contributed by atoms with Crippen molar-refractivity contribution in [1.82, 2.24) is 9.47 Å². The number of amides is 1. The van der Waals surface area contributed by atoms with Gasteiger partial charge in [0.25, 0.3) is 5.56 Å². The van der Waals surface area contributed by atoms with Crippen molar-refractivity contribution < 1.29 is 13.9 Å². The summed E-state index contributed by atoms with van der Waals surface area (Å²) in [5, 5.41) is 0.351. The number of aromatic nitrogens is 1. The first-order valence-corrected chi connectivity index (χ1v) is 9.78. The predicted octanol–water partition coefficient (Wildman–Crippen LogP) is 3.49. The molecule has 3 rings (SSSR count). The zero-order valence-corrected chi connectivity index (χ0v) is 16.8. The maximum absolute atomic E-state index is 13.8. The molecule has 0 atom stereocenters. The number of hydrogen-bond donors (Lipinski definition) is 0. The molecule has 2 heterocycles. The highest BCUT2D eigenvalue weighted by Crippen LogP contribution is 2.22. The fourth-order valence-electron chi connectivity index (χ4n) is 3.38. The average Bonchev–Trinajstić information content (AvgIpc) is 2.66. The Balaban J connectivity index is 1.51. The number of aryl methyl sites for hydroxylation is 1. The van der Waals surface area contributed by atoms with Crippen LogP contribution in [0.2, 0.25) is 5.02 Å². The lowest BCUT2D eigenvalue weighted by Gasteiger charge is -2.32. The molecule has 7 heteroatoms. The van der Waals surface area contributed by atoms with Crippen LogP contribution in [0.4, 0.5) is 4.39 Å². The number of benzene rings is 1. The number of piperidine rings is 1. The van der Waals surface area contributed by atoms with Gasteiger partial charge < -0.3 is 14.2 Å². The molecule has 0 radical (unpaired) electrons. The first-order valence-electron chi connectivity index (χ1n) is 9.40. The third-order valence-corrected chi connectivity index (χ3v) is 5.58. The zero-order chi connectivity index (χ0) is 20.3. The highest BCUT2D eigenvalue weighted by atomic mass is 35.5. The predicted molar refractivity (Wildman–Crippen MR) is 106 cm³/mol. The molecule has 1 saturated heterocycles. The number of hydrogen-bond acceptors (Lipinski definition) is 3. The number of likely N-dealkylation sites (tertiary alicyclic amines) is 1. The summed E-state index contributed by atoms with van der Waals surface area (Å²) in [5.41, 5.74) is 1.12. The minimum Gasteiger partial charge on any atom is -0.490 e. The lowest BCUT2D eigenvalue weighted by Crippen LogP contribution is -2.42. The van der Waals surface area contributed by atoms with Gasteiger partial charge in [0, 0.05) is 61.7 Å². The van der Waals surface area contributed by atoms with Gasteiger partial charge in [-0.25, -0.2) is 4.39 Å². The number of rotatable bonds is 5. The standard InChI is InChI=1S/C21H24ClFN2O3/c1-14-12-16(13-21(27)24(14)2)28-15-8-10-25(11-9-15)20(26)7-6-17-18(22)4-3-5-19(17)23/h3-5,12-13,15H,6-11H2,1-2H3. The summed E-state index contributed by atoms with van der Waals surface area (Å²) in [6.07, 6.45) is 1.87. The average molecular weight is 407 g/mol. The highest BCUT2D eigenvalue weighted by molar-refractivity contribution is 6.31. The van der Waals surface area contributed by atoms with E-state index in [2.05, 4.69) is 0 Å². The molecule has 0 spiro atoms. The SMILES string of the molecule is Cc1cc(OC2CCN(C(=O)CCc3c(F)cccc3Cl)CC2)cc(=O)n1C. The van der Waals surface area contributed by atoms with Crippen molar-refractivity contribution in [3.05, 3.63) is 62.8 Å². The molecule has 0 aliphatic carbocycles. The van der Waals surface area contributed by atoms with E-state index in [1.807, 2.05) is 13.0 Å². The Morgan fingerprint density at radius 3 is 2.64 bits per heavy atom. The fraction of sp³-hybridized carbons (Fsp3) is 0.429. The van der Waals surface area contributed by atoms with Gasteiger partial charge in [-0.05, 0) is 31.5 Å². The molecule has 1 amide bonds. The third-order valence-electron chi connectivity index (χ3n) is 5.22. The number of halogens is 2. The molecule has 0 saturated carbocycles. The molecule has 1 aliphatic heterocycles. The Kier molecular flexibility index (Phi) is 6.39. The van der Waals surface area contributed by atoms with E-state index in [0.29, 0.717) is 42.3 Å². The normalized spacial score (nSPS) is 14.9. The van der Waals surface area contributed by atoms with E-state index in [0.717, 1.165) is 5.69 Å². The first kappa shape index (κ1) is 20.4. The van der Waals surface area contributed by atoms with Gasteiger partial charge in [-0.3, -0.25) is 9.59 Å². The van der Waals surface area contributed by atoms with Gasteiger partial charge in [-0.2, -0.15) is 0 Å². The van der Waals surface area contributed by atoms with Crippen LogP contribution in [0.5, 0.6) is 5.75 Å². The van der Waals surface area contributed by atoms with Crippen LogP contribution in [-0.4, -0.2) is 34.6 Å². The van der Waals surface area contributed by atoms with Gasteiger partial charge in [0.2, 0.25) is 5.91 Å². The molecule has 1 fully saturated rings. The van der Waals surface area contributed by atoms with Gasteiger partial charge in [0.05, 0.1) is 0 Å². The highest BCUT2D eigenvalue weighted by Gasteiger charge is 2.24. The van der Waals surface area contributed by atoms with Crippen LogP contribution in [0.25, 0.3) is 0 Å². The van der Waals surface area contributed by atoms with Crippen molar-refractivity contribution in [2.45, 2.75) is 38.7 Å². The van der Waals surface area contributed by atoms with Crippen molar-refractivity contribution >= 4 is 17.5 Å². The third kappa shape index (κ3) is 4.73. The smallest absolute Gasteiger partial charge is 0.254 e. The quantitative estimate of drug-likeness (QED) is 0.763. The molecule has 1 aromatic carbocycles. The van der Waals surface area contributed by atoms with Crippen molar-refractivity contribution in [2.75, 3.05) is 13.1 Å². The second-order valence-electron chi connectivity index (χ2n) is 7.13. The van der Waals surface area contributed by atoms with E-state index < -0.39 is 0 Å². The van der Waals surface area contributed by atoms with Gasteiger partial charge in [0.15, 0.2) is 0 Å². The minimum atomic E-state index is -0.378. The molecule has 0 bridgehead atoms. The molecular formula is C21H24ClFN2O3. The maximum atomic E-state index is 13.8. The Morgan fingerprint density at radius 1 is 1.29 bits per heavy atom. The first-order chi connectivity index (χ1) is 13.3. The minimum absolute atomic E-state index is 0.0119. The number of nitrogens with zero attached hydrogens (tertiary/aromatic N) is 2. The van der Waals surface area contributed by atoms with Crippen LogP contribution in [0.3, 0.4) is 0 Å². The monoisotopic (exact) mass is 406 g/mol. The number of ether oxygens (including phenoxy) is 1. The molecular weight excluding hydrogens is 383 g/mol. The molecule has 28 heavy (non-hydrogen) atoms. The molecule has 2 aromatic rings. The van der Waals surface area contributed by atoms with E-state index in [4.69, 9.17) is 16.3 Å². The summed E-state index contributed by atoms with van der Waals surface area (Å²) in [5.74, 6) is 0.179. The van der Waals surface area contributed by atoms with Crippen molar-refractivity contribution in [2.24, 2.45) is 7.05 Å². The number of pyridine rings is 1. The van der Waals surface area contributed by atoms with E-state index in [1.165, 1.54) is 12.1 Å². The van der Waals surface area contributed by atoms with E-state index in [9.17, 15) is 14.0 Å². The molecule has 150 valence electrons. The summed E-state index contributed by atoms with van der Waals surface area (Å²) in [4.78, 5) is 26.1. The topological polar surface area (TPSA) is 51.5 Å². The molecule has 5 nitrogen and oxygen atoms in total. The number of carbonyl (C=O) groups excluding carboxylic acids is 1. The Morgan fingerprint density at radius 2 is 2.00 bits per heavy atom. The molecule has 1 aliphatic rings. The van der Waals surface area contributed by atoms with Crippen molar-refractivity contribution in [3.63, 3.8) is 0 Å². The molecule has 1 aromatic heterocycles. The van der Waals surface area contributed by atoms with Gasteiger partial charge in [-0.1, -0.05) is 17.7 Å². The second kappa shape index (κ2) is 8.78. The van der Waals surface area contributed by atoms with Gasteiger partial charge in [-0.15, -0.1) is 0 Å². The van der Waals surface area contributed by atoms with Crippen LogP contribution in [0, 0.1) is 12.7 Å². The van der Waals surface area contributed by atoms with Gasteiger partial charge >= 0.3 is 0 Å². The van der Waals surface area contributed by atoms with Crippen LogP contribution < -0.4 is 10.3 Å². The second-order valence-corrected chi connectivity index (χ2v) is 7.54. The van der Waals surface area contributed by atoms with E-state index in [1.54, 1.807) is 28.6 Å².